The first kappa shape index (κ1) is 20.7. The smallest absolute Gasteiger partial charge is 0.315 e. The van der Waals surface area contributed by atoms with Crippen LogP contribution in [0, 0.1) is 0 Å². The van der Waals surface area contributed by atoms with E-state index in [4.69, 9.17) is 4.74 Å². The van der Waals surface area contributed by atoms with Crippen molar-refractivity contribution in [2.24, 2.45) is 0 Å². The molecule has 0 aliphatic carbocycles. The molecule has 1 aliphatic heterocycles. The minimum absolute atomic E-state index is 0.109. The number of hydrogen-bond donors (Lipinski definition) is 2. The van der Waals surface area contributed by atoms with Gasteiger partial charge in [0.15, 0.2) is 0 Å². The van der Waals surface area contributed by atoms with Crippen LogP contribution in [0.4, 0.5) is 4.79 Å². The third kappa shape index (κ3) is 6.59. The van der Waals surface area contributed by atoms with E-state index in [0.717, 1.165) is 45.9 Å². The first-order chi connectivity index (χ1) is 12.6. The standard InChI is InChI=1S/C20H34N4O2/c1-4-23(5-2)16-19-9-7-6-8-18(19)15-22-20(25)21-14-17(3)24-10-12-26-13-11-24/h6-9,17H,4-5,10-16H2,1-3H3,(H2,21,22,25). The number of hydrogen-bond acceptors (Lipinski definition) is 4. The second-order valence-corrected chi connectivity index (χ2v) is 6.79. The number of nitrogens with zero attached hydrogens (tertiary/aromatic N) is 2. The van der Waals surface area contributed by atoms with Crippen molar-refractivity contribution in [3.8, 4) is 0 Å². The predicted octanol–water partition coefficient (Wildman–Crippen LogP) is 2.05. The summed E-state index contributed by atoms with van der Waals surface area (Å²) in [6.07, 6.45) is 0. The van der Waals surface area contributed by atoms with Gasteiger partial charge >= 0.3 is 6.03 Å². The number of rotatable bonds is 9. The fourth-order valence-corrected chi connectivity index (χ4v) is 3.20. The fraction of sp³-hybridized carbons (Fsp3) is 0.650. The van der Waals surface area contributed by atoms with Crippen molar-refractivity contribution >= 4 is 6.03 Å². The Balaban J connectivity index is 1.78. The van der Waals surface area contributed by atoms with E-state index in [1.165, 1.54) is 11.1 Å². The average Bonchev–Trinajstić information content (AvgIpc) is 2.70. The summed E-state index contributed by atoms with van der Waals surface area (Å²) >= 11 is 0. The molecule has 0 radical (unpaired) electrons. The van der Waals surface area contributed by atoms with Crippen LogP contribution in [0.5, 0.6) is 0 Å². The van der Waals surface area contributed by atoms with E-state index in [9.17, 15) is 4.79 Å². The molecule has 1 aromatic rings. The molecule has 1 heterocycles. The third-order valence-electron chi connectivity index (χ3n) is 5.07. The second-order valence-electron chi connectivity index (χ2n) is 6.79. The van der Waals surface area contributed by atoms with Crippen LogP contribution in [-0.2, 0) is 17.8 Å². The van der Waals surface area contributed by atoms with E-state index in [1.54, 1.807) is 0 Å². The van der Waals surface area contributed by atoms with Gasteiger partial charge in [0.25, 0.3) is 0 Å². The Hall–Kier alpha value is -1.63. The van der Waals surface area contributed by atoms with Crippen molar-refractivity contribution in [1.29, 1.82) is 0 Å². The molecular formula is C20H34N4O2. The molecule has 6 heteroatoms. The molecule has 26 heavy (non-hydrogen) atoms. The molecule has 6 nitrogen and oxygen atoms in total. The zero-order chi connectivity index (χ0) is 18.8. The highest BCUT2D eigenvalue weighted by Crippen LogP contribution is 2.11. The van der Waals surface area contributed by atoms with Crippen LogP contribution in [0.3, 0.4) is 0 Å². The highest BCUT2D eigenvalue weighted by Gasteiger charge is 2.17. The number of nitrogens with one attached hydrogen (secondary N) is 2. The van der Waals surface area contributed by atoms with Gasteiger partial charge < -0.3 is 15.4 Å². The van der Waals surface area contributed by atoms with Gasteiger partial charge in [0.2, 0.25) is 0 Å². The molecule has 0 saturated carbocycles. The minimum atomic E-state index is -0.109. The largest absolute Gasteiger partial charge is 0.379 e. The number of carbonyl (C=O) groups is 1. The predicted molar refractivity (Wildman–Crippen MR) is 105 cm³/mol. The molecule has 1 saturated heterocycles. The Labute approximate surface area is 157 Å². The maximum absolute atomic E-state index is 12.2. The lowest BCUT2D eigenvalue weighted by Gasteiger charge is -2.32. The SMILES string of the molecule is CCN(CC)Cc1ccccc1CNC(=O)NCC(C)N1CCOCC1. The first-order valence-corrected chi connectivity index (χ1v) is 9.76. The summed E-state index contributed by atoms with van der Waals surface area (Å²) in [7, 11) is 0. The van der Waals surface area contributed by atoms with Crippen molar-refractivity contribution in [1.82, 2.24) is 20.4 Å². The number of carbonyl (C=O) groups excluding carboxylic acids is 1. The van der Waals surface area contributed by atoms with Crippen LogP contribution in [0.2, 0.25) is 0 Å². The summed E-state index contributed by atoms with van der Waals surface area (Å²) in [5.41, 5.74) is 2.45. The highest BCUT2D eigenvalue weighted by atomic mass is 16.5. The topological polar surface area (TPSA) is 56.8 Å². The van der Waals surface area contributed by atoms with Crippen LogP contribution >= 0.6 is 0 Å². The lowest BCUT2D eigenvalue weighted by molar-refractivity contribution is 0.0209. The van der Waals surface area contributed by atoms with E-state index in [-0.39, 0.29) is 6.03 Å². The summed E-state index contributed by atoms with van der Waals surface area (Å²) in [5, 5.41) is 5.98. The summed E-state index contributed by atoms with van der Waals surface area (Å²) in [5.74, 6) is 0. The molecule has 2 N–H and O–H groups in total. The lowest BCUT2D eigenvalue weighted by Crippen LogP contribution is -2.48. The van der Waals surface area contributed by atoms with E-state index in [1.807, 2.05) is 6.07 Å². The number of benzene rings is 1. The maximum atomic E-state index is 12.2. The fourth-order valence-electron chi connectivity index (χ4n) is 3.20. The quantitative estimate of drug-likeness (QED) is 0.706. The molecule has 1 aromatic carbocycles. The molecule has 2 amide bonds. The zero-order valence-electron chi connectivity index (χ0n) is 16.5. The van der Waals surface area contributed by atoms with Crippen LogP contribution < -0.4 is 10.6 Å². The third-order valence-corrected chi connectivity index (χ3v) is 5.07. The zero-order valence-corrected chi connectivity index (χ0v) is 16.5. The van der Waals surface area contributed by atoms with Gasteiger partial charge in [-0.3, -0.25) is 9.80 Å². The Morgan fingerprint density at radius 2 is 1.81 bits per heavy atom. The molecule has 2 rings (SSSR count). The summed E-state index contributed by atoms with van der Waals surface area (Å²) in [4.78, 5) is 16.9. The van der Waals surface area contributed by atoms with E-state index in [2.05, 4.69) is 59.4 Å². The highest BCUT2D eigenvalue weighted by molar-refractivity contribution is 5.73. The molecular weight excluding hydrogens is 328 g/mol. The Morgan fingerprint density at radius 3 is 2.46 bits per heavy atom. The van der Waals surface area contributed by atoms with Gasteiger partial charge in [0.05, 0.1) is 13.2 Å². The second kappa shape index (κ2) is 11.2. The van der Waals surface area contributed by atoms with Crippen LogP contribution in [0.1, 0.15) is 31.9 Å². The van der Waals surface area contributed by atoms with Gasteiger partial charge in [-0.05, 0) is 31.1 Å². The monoisotopic (exact) mass is 362 g/mol. The Bertz CT molecular complexity index is 542. The molecule has 1 fully saturated rings. The van der Waals surface area contributed by atoms with Crippen LogP contribution in [0.15, 0.2) is 24.3 Å². The van der Waals surface area contributed by atoms with Crippen LogP contribution in [0.25, 0.3) is 0 Å². The van der Waals surface area contributed by atoms with Crippen molar-refractivity contribution in [2.45, 2.75) is 39.9 Å². The first-order valence-electron chi connectivity index (χ1n) is 9.76. The molecule has 0 aromatic heterocycles. The molecule has 0 bridgehead atoms. The number of ether oxygens (including phenoxy) is 1. The molecule has 0 spiro atoms. The molecule has 1 unspecified atom stereocenters. The van der Waals surface area contributed by atoms with Crippen molar-refractivity contribution < 1.29 is 9.53 Å². The molecule has 1 atom stereocenters. The van der Waals surface area contributed by atoms with E-state index >= 15 is 0 Å². The van der Waals surface area contributed by atoms with Crippen molar-refractivity contribution in [2.75, 3.05) is 45.9 Å². The van der Waals surface area contributed by atoms with Gasteiger partial charge in [-0.1, -0.05) is 38.1 Å². The van der Waals surface area contributed by atoms with Gasteiger partial charge in [-0.15, -0.1) is 0 Å². The molecule has 1 aliphatic rings. The summed E-state index contributed by atoms with van der Waals surface area (Å²) < 4.78 is 5.37. The number of amides is 2. The number of morpholine rings is 1. The van der Waals surface area contributed by atoms with Crippen molar-refractivity contribution in [3.63, 3.8) is 0 Å². The maximum Gasteiger partial charge on any atom is 0.315 e. The summed E-state index contributed by atoms with van der Waals surface area (Å²) in [6.45, 7) is 14.1. The van der Waals surface area contributed by atoms with Crippen LogP contribution in [-0.4, -0.2) is 67.8 Å². The van der Waals surface area contributed by atoms with Gasteiger partial charge in [-0.25, -0.2) is 4.79 Å². The van der Waals surface area contributed by atoms with Crippen molar-refractivity contribution in [3.05, 3.63) is 35.4 Å². The number of urea groups is 1. The van der Waals surface area contributed by atoms with Gasteiger partial charge in [0.1, 0.15) is 0 Å². The Kier molecular flexibility index (Phi) is 8.88. The lowest BCUT2D eigenvalue weighted by atomic mass is 10.1. The van der Waals surface area contributed by atoms with E-state index < -0.39 is 0 Å². The van der Waals surface area contributed by atoms with Gasteiger partial charge in [-0.2, -0.15) is 0 Å². The minimum Gasteiger partial charge on any atom is -0.379 e. The summed E-state index contributed by atoms with van der Waals surface area (Å²) in [6, 6.07) is 8.54. The normalized spacial score (nSPS) is 16.5. The van der Waals surface area contributed by atoms with Gasteiger partial charge in [0, 0.05) is 38.8 Å². The van der Waals surface area contributed by atoms with E-state index in [0.29, 0.717) is 19.1 Å². The average molecular weight is 363 g/mol. The molecule has 146 valence electrons. The Morgan fingerprint density at radius 1 is 1.15 bits per heavy atom.